The zero-order valence-electron chi connectivity index (χ0n) is 16.8. The van der Waals surface area contributed by atoms with Crippen LogP contribution in [-0.2, 0) is 4.74 Å². The van der Waals surface area contributed by atoms with Gasteiger partial charge in [0.1, 0.15) is 5.75 Å². The number of nitrogens with zero attached hydrogens (tertiary/aromatic N) is 1. The van der Waals surface area contributed by atoms with Crippen LogP contribution in [0.5, 0.6) is 5.75 Å². The Hall–Kier alpha value is -1.71. The molecule has 0 aliphatic rings. The fourth-order valence-electron chi connectivity index (χ4n) is 2.37. The lowest BCUT2D eigenvalue weighted by atomic mass is 10.0. The summed E-state index contributed by atoms with van der Waals surface area (Å²) in [6, 6.07) is 7.38. The molecular formula is C19H33IN4O3. The molecule has 1 aromatic carbocycles. The Morgan fingerprint density at radius 1 is 1.19 bits per heavy atom. The van der Waals surface area contributed by atoms with Crippen LogP contribution in [0.25, 0.3) is 0 Å². The molecule has 0 aromatic heterocycles. The number of alkyl carbamates (subject to hydrolysis) is 1. The van der Waals surface area contributed by atoms with Crippen LogP contribution in [0.4, 0.5) is 10.5 Å². The quantitative estimate of drug-likeness (QED) is 0.275. The molecule has 1 atom stereocenters. The first kappa shape index (κ1) is 25.3. The summed E-state index contributed by atoms with van der Waals surface area (Å²) in [6.45, 7) is 10.6. The van der Waals surface area contributed by atoms with Gasteiger partial charge >= 0.3 is 6.09 Å². The minimum absolute atomic E-state index is 0. The molecule has 1 amide bonds. The number of aliphatic imine (C=N–C) groups is 1. The number of nitrogens with one attached hydrogen (secondary N) is 2. The van der Waals surface area contributed by atoms with E-state index in [2.05, 4.69) is 29.5 Å². The number of ether oxygens (including phenoxy) is 2. The zero-order chi connectivity index (χ0) is 19.5. The molecule has 0 radical (unpaired) electrons. The third kappa shape index (κ3) is 11.6. The zero-order valence-corrected chi connectivity index (χ0v) is 19.2. The highest BCUT2D eigenvalue weighted by atomic mass is 127. The van der Waals surface area contributed by atoms with E-state index >= 15 is 0 Å². The smallest absolute Gasteiger partial charge is 0.407 e. The highest BCUT2D eigenvalue weighted by Crippen LogP contribution is 2.16. The molecule has 0 aliphatic carbocycles. The minimum atomic E-state index is -0.430. The van der Waals surface area contributed by atoms with E-state index in [4.69, 9.17) is 15.2 Å². The van der Waals surface area contributed by atoms with Crippen LogP contribution < -0.4 is 21.1 Å². The Balaban J connectivity index is 0.00000676. The second kappa shape index (κ2) is 13.5. The topological polar surface area (TPSA) is 98.0 Å². The molecule has 8 heteroatoms. The van der Waals surface area contributed by atoms with Crippen molar-refractivity contribution >= 4 is 41.7 Å². The molecule has 27 heavy (non-hydrogen) atoms. The second-order valence-electron chi connectivity index (χ2n) is 6.73. The molecule has 7 nitrogen and oxygen atoms in total. The molecule has 0 heterocycles. The Labute approximate surface area is 179 Å². The van der Waals surface area contributed by atoms with Crippen LogP contribution in [0.15, 0.2) is 29.3 Å². The number of rotatable bonds is 9. The van der Waals surface area contributed by atoms with Crippen molar-refractivity contribution in [2.24, 2.45) is 16.6 Å². The molecule has 1 aromatic rings. The molecule has 4 N–H and O–H groups in total. The summed E-state index contributed by atoms with van der Waals surface area (Å²) in [7, 11) is 0. The molecule has 0 fully saturated rings. The molecule has 0 aliphatic heterocycles. The number of hydrogen-bond acceptors (Lipinski definition) is 4. The predicted molar refractivity (Wildman–Crippen MR) is 121 cm³/mol. The van der Waals surface area contributed by atoms with Gasteiger partial charge in [0.15, 0.2) is 5.96 Å². The van der Waals surface area contributed by atoms with Gasteiger partial charge < -0.3 is 25.8 Å². The first-order valence-corrected chi connectivity index (χ1v) is 9.07. The first-order chi connectivity index (χ1) is 12.3. The number of halogens is 1. The normalized spacial score (nSPS) is 12.3. The Morgan fingerprint density at radius 3 is 2.33 bits per heavy atom. The summed E-state index contributed by atoms with van der Waals surface area (Å²) in [5, 5.41) is 5.86. The van der Waals surface area contributed by atoms with Gasteiger partial charge in [-0.1, -0.05) is 13.8 Å². The maximum Gasteiger partial charge on any atom is 0.407 e. The first-order valence-electron chi connectivity index (χ1n) is 9.07. The number of carbonyl (C=O) groups is 1. The number of guanidine groups is 1. The van der Waals surface area contributed by atoms with Crippen LogP contribution in [0.3, 0.4) is 0 Å². The number of carbonyl (C=O) groups excluding carboxylic acids is 1. The van der Waals surface area contributed by atoms with E-state index in [1.807, 2.05) is 38.1 Å². The van der Waals surface area contributed by atoms with Gasteiger partial charge in [0.05, 0.1) is 25.3 Å². The van der Waals surface area contributed by atoms with E-state index in [9.17, 15) is 4.79 Å². The number of anilines is 1. The second-order valence-corrected chi connectivity index (χ2v) is 6.73. The Kier molecular flexibility index (Phi) is 12.6. The van der Waals surface area contributed by atoms with Crippen molar-refractivity contribution in [3.63, 3.8) is 0 Å². The van der Waals surface area contributed by atoms with Crippen LogP contribution in [-0.4, -0.2) is 37.4 Å². The lowest BCUT2D eigenvalue weighted by molar-refractivity contribution is 0.147. The van der Waals surface area contributed by atoms with Gasteiger partial charge in [0.25, 0.3) is 0 Å². The van der Waals surface area contributed by atoms with Crippen molar-refractivity contribution in [2.75, 3.05) is 18.5 Å². The molecule has 1 rings (SSSR count). The van der Waals surface area contributed by atoms with Crippen molar-refractivity contribution in [2.45, 2.75) is 53.2 Å². The molecule has 154 valence electrons. The molecule has 0 saturated carbocycles. The SMILES string of the molecule is CCOC(=O)NC(CN=C(N)Nc1ccc(OC(C)C)cc1)CC(C)C.I. The van der Waals surface area contributed by atoms with Crippen molar-refractivity contribution in [1.82, 2.24) is 5.32 Å². The highest BCUT2D eigenvalue weighted by Gasteiger charge is 2.14. The third-order valence-corrected chi connectivity index (χ3v) is 3.33. The lowest BCUT2D eigenvalue weighted by Gasteiger charge is -2.19. The van der Waals surface area contributed by atoms with Gasteiger partial charge in [-0.3, -0.25) is 4.99 Å². The van der Waals surface area contributed by atoms with E-state index in [1.165, 1.54) is 0 Å². The van der Waals surface area contributed by atoms with Crippen LogP contribution >= 0.6 is 24.0 Å². The predicted octanol–water partition coefficient (Wildman–Crippen LogP) is 3.98. The fraction of sp³-hybridized carbons (Fsp3) is 0.579. The Bertz CT molecular complexity index is 577. The van der Waals surface area contributed by atoms with Gasteiger partial charge in [-0.15, -0.1) is 24.0 Å². The van der Waals surface area contributed by atoms with Crippen molar-refractivity contribution in [3.05, 3.63) is 24.3 Å². The summed E-state index contributed by atoms with van der Waals surface area (Å²) in [5.41, 5.74) is 6.78. The highest BCUT2D eigenvalue weighted by molar-refractivity contribution is 14.0. The van der Waals surface area contributed by atoms with Crippen molar-refractivity contribution in [1.29, 1.82) is 0 Å². The van der Waals surface area contributed by atoms with Gasteiger partial charge in [-0.2, -0.15) is 0 Å². The average Bonchev–Trinajstić information content (AvgIpc) is 2.54. The summed E-state index contributed by atoms with van der Waals surface area (Å²) < 4.78 is 10.5. The average molecular weight is 492 g/mol. The van der Waals surface area contributed by atoms with Gasteiger partial charge in [-0.05, 0) is 57.4 Å². The standard InChI is InChI=1S/C19H32N4O3.HI/c1-6-25-19(24)23-16(11-13(2)3)12-21-18(20)22-15-7-9-17(10-8-15)26-14(4)5;/h7-10,13-14,16H,6,11-12H2,1-5H3,(H,23,24)(H3,20,21,22);1H. The van der Waals surface area contributed by atoms with Crippen molar-refractivity contribution < 1.29 is 14.3 Å². The van der Waals surface area contributed by atoms with E-state index in [1.54, 1.807) is 6.92 Å². The molecule has 1 unspecified atom stereocenters. The molecule has 0 saturated heterocycles. The summed E-state index contributed by atoms with van der Waals surface area (Å²) >= 11 is 0. The van der Waals surface area contributed by atoms with E-state index in [0.717, 1.165) is 17.9 Å². The fourth-order valence-corrected chi connectivity index (χ4v) is 2.37. The minimum Gasteiger partial charge on any atom is -0.491 e. The molecule has 0 spiro atoms. The summed E-state index contributed by atoms with van der Waals surface area (Å²) in [5.74, 6) is 1.51. The number of amides is 1. The summed E-state index contributed by atoms with van der Waals surface area (Å²) in [6.07, 6.45) is 0.488. The number of hydrogen-bond donors (Lipinski definition) is 3. The van der Waals surface area contributed by atoms with Crippen LogP contribution in [0.1, 0.15) is 41.0 Å². The van der Waals surface area contributed by atoms with E-state index < -0.39 is 6.09 Å². The Morgan fingerprint density at radius 2 is 1.81 bits per heavy atom. The lowest BCUT2D eigenvalue weighted by Crippen LogP contribution is -2.39. The molecular weight excluding hydrogens is 459 g/mol. The van der Waals surface area contributed by atoms with Crippen LogP contribution in [0.2, 0.25) is 0 Å². The van der Waals surface area contributed by atoms with Gasteiger partial charge in [-0.25, -0.2) is 4.79 Å². The van der Waals surface area contributed by atoms with E-state index in [-0.39, 0.29) is 36.1 Å². The number of benzene rings is 1. The van der Waals surface area contributed by atoms with Crippen molar-refractivity contribution in [3.8, 4) is 5.75 Å². The van der Waals surface area contributed by atoms with E-state index in [0.29, 0.717) is 25.0 Å². The third-order valence-electron chi connectivity index (χ3n) is 3.33. The molecule has 0 bridgehead atoms. The van der Waals surface area contributed by atoms with Gasteiger partial charge in [0, 0.05) is 5.69 Å². The maximum absolute atomic E-state index is 11.6. The monoisotopic (exact) mass is 492 g/mol. The van der Waals surface area contributed by atoms with Gasteiger partial charge in [0.2, 0.25) is 0 Å². The largest absolute Gasteiger partial charge is 0.491 e. The maximum atomic E-state index is 11.6. The van der Waals surface area contributed by atoms with Crippen LogP contribution in [0, 0.1) is 5.92 Å². The number of nitrogens with two attached hydrogens (primary N) is 1. The summed E-state index contributed by atoms with van der Waals surface area (Å²) in [4.78, 5) is 16.0.